The molecule has 0 spiro atoms. The molecule has 0 aliphatic heterocycles. The molecule has 0 aliphatic rings. The van der Waals surface area contributed by atoms with Crippen molar-refractivity contribution >= 4 is 6.16 Å². The molecule has 0 aromatic rings. The maximum absolute atomic E-state index is 10.2. The molecule has 1 atom stereocenters. The molecule has 0 radical (unpaired) electrons. The number of rotatable bonds is 7. The van der Waals surface area contributed by atoms with Crippen molar-refractivity contribution in [2.45, 2.75) is 46.0 Å². The van der Waals surface area contributed by atoms with Gasteiger partial charge >= 0.3 is 6.16 Å². The topological polar surface area (TPSA) is 46.5 Å². The Morgan fingerprint density at radius 1 is 1.31 bits per heavy atom. The summed E-state index contributed by atoms with van der Waals surface area (Å²) in [5, 5.41) is 8.33. The van der Waals surface area contributed by atoms with Crippen LogP contribution in [0.3, 0.4) is 0 Å². The van der Waals surface area contributed by atoms with Gasteiger partial charge in [-0.3, -0.25) is 0 Å². The van der Waals surface area contributed by atoms with Crippen LogP contribution in [0, 0.1) is 5.92 Å². The number of carbonyl (C=O) groups is 1. The van der Waals surface area contributed by atoms with Gasteiger partial charge in [0, 0.05) is 0 Å². The summed E-state index contributed by atoms with van der Waals surface area (Å²) in [7, 11) is 0. The SMILES string of the molecule is CCCCC(CCC)COC(=O)O. The highest BCUT2D eigenvalue weighted by Crippen LogP contribution is 2.15. The lowest BCUT2D eigenvalue weighted by Crippen LogP contribution is -2.12. The Hall–Kier alpha value is -0.730. The predicted molar refractivity (Wildman–Crippen MR) is 51.9 cm³/mol. The van der Waals surface area contributed by atoms with Gasteiger partial charge in [0.05, 0.1) is 6.61 Å². The standard InChI is InChI=1S/C10H20O3/c1-3-5-7-9(6-4-2)8-13-10(11)12/h9H,3-8H2,1-2H3,(H,11,12). The van der Waals surface area contributed by atoms with E-state index >= 15 is 0 Å². The summed E-state index contributed by atoms with van der Waals surface area (Å²) in [4.78, 5) is 10.2. The minimum absolute atomic E-state index is 0.364. The quantitative estimate of drug-likeness (QED) is 0.623. The molecule has 3 nitrogen and oxygen atoms in total. The Bertz CT molecular complexity index is 134. The van der Waals surface area contributed by atoms with E-state index in [2.05, 4.69) is 18.6 Å². The summed E-state index contributed by atoms with van der Waals surface area (Å²) in [6.07, 6.45) is 4.40. The lowest BCUT2D eigenvalue weighted by molar-refractivity contribution is 0.0734. The van der Waals surface area contributed by atoms with E-state index < -0.39 is 6.16 Å². The molecule has 0 aliphatic carbocycles. The van der Waals surface area contributed by atoms with E-state index in [1.54, 1.807) is 0 Å². The van der Waals surface area contributed by atoms with Crippen molar-refractivity contribution in [3.05, 3.63) is 0 Å². The zero-order valence-electron chi connectivity index (χ0n) is 8.58. The average Bonchev–Trinajstić information content (AvgIpc) is 2.09. The molecular weight excluding hydrogens is 168 g/mol. The molecule has 0 aromatic heterocycles. The summed E-state index contributed by atoms with van der Waals surface area (Å²) in [5.74, 6) is 0.418. The maximum Gasteiger partial charge on any atom is 0.505 e. The Kier molecular flexibility index (Phi) is 7.45. The monoisotopic (exact) mass is 188 g/mol. The number of hydrogen-bond donors (Lipinski definition) is 1. The first-order chi connectivity index (χ1) is 6.20. The predicted octanol–water partition coefficient (Wildman–Crippen LogP) is 3.29. The van der Waals surface area contributed by atoms with Crippen molar-refractivity contribution in [1.29, 1.82) is 0 Å². The minimum atomic E-state index is -1.15. The van der Waals surface area contributed by atoms with Crippen molar-refractivity contribution in [1.82, 2.24) is 0 Å². The van der Waals surface area contributed by atoms with Crippen LogP contribution < -0.4 is 0 Å². The van der Waals surface area contributed by atoms with Gasteiger partial charge in [0.1, 0.15) is 0 Å². The van der Waals surface area contributed by atoms with Crippen molar-refractivity contribution < 1.29 is 14.6 Å². The summed E-state index contributed by atoms with van der Waals surface area (Å²) in [5.41, 5.74) is 0. The zero-order chi connectivity index (χ0) is 10.1. The van der Waals surface area contributed by atoms with Crippen molar-refractivity contribution in [2.75, 3.05) is 6.61 Å². The Morgan fingerprint density at radius 3 is 2.46 bits per heavy atom. The first-order valence-corrected chi connectivity index (χ1v) is 5.06. The van der Waals surface area contributed by atoms with Crippen LogP contribution >= 0.6 is 0 Å². The summed E-state index contributed by atoms with van der Waals surface area (Å²) >= 11 is 0. The van der Waals surface area contributed by atoms with E-state index in [4.69, 9.17) is 5.11 Å². The molecule has 0 amide bonds. The molecule has 1 unspecified atom stereocenters. The Labute approximate surface area is 80.1 Å². The fourth-order valence-electron chi connectivity index (χ4n) is 1.40. The van der Waals surface area contributed by atoms with Gasteiger partial charge in [-0.05, 0) is 18.8 Å². The highest BCUT2D eigenvalue weighted by molar-refractivity contribution is 5.56. The normalized spacial score (nSPS) is 12.5. The van der Waals surface area contributed by atoms with Crippen LogP contribution in [0.15, 0.2) is 0 Å². The molecule has 1 N–H and O–H groups in total. The van der Waals surface area contributed by atoms with Gasteiger partial charge in [-0.2, -0.15) is 0 Å². The lowest BCUT2D eigenvalue weighted by Gasteiger charge is -2.14. The van der Waals surface area contributed by atoms with Crippen LogP contribution in [0.5, 0.6) is 0 Å². The van der Waals surface area contributed by atoms with Gasteiger partial charge < -0.3 is 9.84 Å². The second-order valence-corrected chi connectivity index (χ2v) is 3.37. The molecule has 0 saturated heterocycles. The fourth-order valence-corrected chi connectivity index (χ4v) is 1.40. The molecule has 0 aromatic carbocycles. The third-order valence-electron chi connectivity index (χ3n) is 2.11. The molecule has 78 valence electrons. The summed E-state index contributed by atoms with van der Waals surface area (Å²) < 4.78 is 4.57. The van der Waals surface area contributed by atoms with Crippen LogP contribution in [0.1, 0.15) is 46.0 Å². The number of unbranched alkanes of at least 4 members (excludes halogenated alkanes) is 1. The molecule has 13 heavy (non-hydrogen) atoms. The molecule has 3 heteroatoms. The van der Waals surface area contributed by atoms with Crippen molar-refractivity contribution in [3.63, 3.8) is 0 Å². The Morgan fingerprint density at radius 2 is 2.00 bits per heavy atom. The van der Waals surface area contributed by atoms with Crippen LogP contribution in [0.4, 0.5) is 4.79 Å². The first kappa shape index (κ1) is 12.3. The van der Waals surface area contributed by atoms with Gasteiger partial charge in [0.2, 0.25) is 0 Å². The van der Waals surface area contributed by atoms with Crippen LogP contribution in [-0.4, -0.2) is 17.9 Å². The average molecular weight is 188 g/mol. The van der Waals surface area contributed by atoms with E-state index in [9.17, 15) is 4.79 Å². The molecule has 0 saturated carbocycles. The van der Waals surface area contributed by atoms with Crippen LogP contribution in [-0.2, 0) is 4.74 Å². The fraction of sp³-hybridized carbons (Fsp3) is 0.900. The summed E-state index contributed by atoms with van der Waals surface area (Å²) in [6, 6.07) is 0. The van der Waals surface area contributed by atoms with E-state index in [-0.39, 0.29) is 0 Å². The van der Waals surface area contributed by atoms with Gasteiger partial charge in [-0.1, -0.05) is 33.1 Å². The second kappa shape index (κ2) is 7.90. The molecule has 0 bridgehead atoms. The van der Waals surface area contributed by atoms with Crippen LogP contribution in [0.2, 0.25) is 0 Å². The Balaban J connectivity index is 3.59. The third-order valence-corrected chi connectivity index (χ3v) is 2.11. The number of carboxylic acid groups (broad SMARTS) is 1. The summed E-state index contributed by atoms with van der Waals surface area (Å²) in [6.45, 7) is 4.62. The van der Waals surface area contributed by atoms with Crippen LogP contribution in [0.25, 0.3) is 0 Å². The minimum Gasteiger partial charge on any atom is -0.450 e. The van der Waals surface area contributed by atoms with Gasteiger partial charge in [-0.25, -0.2) is 4.79 Å². The van der Waals surface area contributed by atoms with Gasteiger partial charge in [0.15, 0.2) is 0 Å². The first-order valence-electron chi connectivity index (χ1n) is 5.06. The van der Waals surface area contributed by atoms with Crippen molar-refractivity contribution in [2.24, 2.45) is 5.92 Å². The third kappa shape index (κ3) is 7.62. The van der Waals surface area contributed by atoms with E-state index in [1.807, 2.05) is 0 Å². The lowest BCUT2D eigenvalue weighted by atomic mass is 9.98. The largest absolute Gasteiger partial charge is 0.505 e. The molecule has 0 fully saturated rings. The maximum atomic E-state index is 10.2. The molecular formula is C10H20O3. The van der Waals surface area contributed by atoms with E-state index in [0.717, 1.165) is 32.1 Å². The van der Waals surface area contributed by atoms with Crippen molar-refractivity contribution in [3.8, 4) is 0 Å². The zero-order valence-corrected chi connectivity index (χ0v) is 8.58. The van der Waals surface area contributed by atoms with E-state index in [0.29, 0.717) is 12.5 Å². The highest BCUT2D eigenvalue weighted by Gasteiger charge is 2.09. The highest BCUT2D eigenvalue weighted by atomic mass is 16.7. The van der Waals surface area contributed by atoms with Gasteiger partial charge in [-0.15, -0.1) is 0 Å². The van der Waals surface area contributed by atoms with Gasteiger partial charge in [0.25, 0.3) is 0 Å². The number of hydrogen-bond acceptors (Lipinski definition) is 2. The number of ether oxygens (including phenoxy) is 1. The smallest absolute Gasteiger partial charge is 0.450 e. The molecule has 0 rings (SSSR count). The second-order valence-electron chi connectivity index (χ2n) is 3.37. The van der Waals surface area contributed by atoms with E-state index in [1.165, 1.54) is 0 Å². The molecule has 0 heterocycles.